The molecule has 0 spiro atoms. The topological polar surface area (TPSA) is 79.0 Å². The lowest BCUT2D eigenvalue weighted by Crippen LogP contribution is -2.33. The van der Waals surface area contributed by atoms with Crippen molar-refractivity contribution in [3.05, 3.63) is 41.5 Å². The average molecular weight is 346 g/mol. The van der Waals surface area contributed by atoms with Crippen LogP contribution in [0, 0.1) is 5.82 Å². The first-order chi connectivity index (χ1) is 11.6. The van der Waals surface area contributed by atoms with Gasteiger partial charge in [-0.3, -0.25) is 19.6 Å². The fraction of sp³-hybridized carbons (Fsp3) is 0.250. The molecule has 1 aliphatic heterocycles. The highest BCUT2D eigenvalue weighted by Crippen LogP contribution is 2.17. The molecule has 0 saturated carbocycles. The molecule has 8 heteroatoms. The number of thioether (sulfide) groups is 1. The number of carbonyl (C=O) groups is 2. The van der Waals surface area contributed by atoms with Crippen molar-refractivity contribution in [3.8, 4) is 0 Å². The molecule has 1 saturated heterocycles. The van der Waals surface area contributed by atoms with Crippen LogP contribution in [0.1, 0.15) is 24.2 Å². The Bertz CT molecular complexity index is 773. The van der Waals surface area contributed by atoms with Crippen molar-refractivity contribution >= 4 is 35.7 Å². The average Bonchev–Trinajstić information content (AvgIpc) is 3.21. The Morgan fingerprint density at radius 2 is 2.12 bits per heavy atom. The van der Waals surface area contributed by atoms with Gasteiger partial charge < -0.3 is 0 Å². The first-order valence-electron chi connectivity index (χ1n) is 7.44. The Morgan fingerprint density at radius 3 is 2.83 bits per heavy atom. The van der Waals surface area contributed by atoms with Crippen LogP contribution in [0.2, 0.25) is 0 Å². The fourth-order valence-electron chi connectivity index (χ4n) is 2.26. The monoisotopic (exact) mass is 346 g/mol. The summed E-state index contributed by atoms with van der Waals surface area (Å²) in [7, 11) is 0. The predicted octanol–water partition coefficient (Wildman–Crippen LogP) is 2.36. The molecule has 2 aromatic rings. The van der Waals surface area contributed by atoms with E-state index in [1.165, 1.54) is 28.8 Å². The Labute approximate surface area is 142 Å². The number of nitrogens with one attached hydrogen (secondary N) is 1. The first-order valence-corrected chi connectivity index (χ1v) is 8.42. The number of hydrogen-bond donors (Lipinski definition) is 1. The van der Waals surface area contributed by atoms with Gasteiger partial charge in [-0.1, -0.05) is 30.0 Å². The van der Waals surface area contributed by atoms with Crippen molar-refractivity contribution in [2.24, 2.45) is 0 Å². The molecule has 2 amide bonds. The van der Waals surface area contributed by atoms with Crippen LogP contribution in [0.25, 0.3) is 12.2 Å². The van der Waals surface area contributed by atoms with Crippen LogP contribution in [0.5, 0.6) is 0 Å². The molecule has 0 atom stereocenters. The van der Waals surface area contributed by atoms with E-state index < -0.39 is 0 Å². The van der Waals surface area contributed by atoms with Gasteiger partial charge in [0.05, 0.1) is 5.75 Å². The number of amides is 2. The van der Waals surface area contributed by atoms with E-state index in [4.69, 9.17) is 0 Å². The highest BCUT2D eigenvalue weighted by atomic mass is 32.2. The van der Waals surface area contributed by atoms with E-state index in [-0.39, 0.29) is 23.4 Å². The maximum Gasteiger partial charge on any atom is 0.239 e. The number of benzene rings is 1. The van der Waals surface area contributed by atoms with Crippen molar-refractivity contribution < 1.29 is 14.0 Å². The summed E-state index contributed by atoms with van der Waals surface area (Å²) in [5, 5.41) is 7.21. The molecule has 1 N–H and O–H groups in total. The second-order valence-electron chi connectivity index (χ2n) is 5.22. The third-order valence-corrected chi connectivity index (χ3v) is 4.32. The van der Waals surface area contributed by atoms with Crippen LogP contribution >= 0.6 is 11.8 Å². The maximum atomic E-state index is 12.8. The van der Waals surface area contributed by atoms with E-state index in [0.29, 0.717) is 23.9 Å². The fourth-order valence-corrected chi connectivity index (χ4v) is 2.94. The summed E-state index contributed by atoms with van der Waals surface area (Å²) in [5.41, 5.74) is 0.838. The number of nitrogens with zero attached hydrogens (tertiary/aromatic N) is 3. The van der Waals surface area contributed by atoms with Crippen molar-refractivity contribution in [2.45, 2.75) is 18.0 Å². The van der Waals surface area contributed by atoms with Gasteiger partial charge in [0, 0.05) is 13.0 Å². The van der Waals surface area contributed by atoms with Gasteiger partial charge in [-0.05, 0) is 30.2 Å². The number of carbonyl (C=O) groups excluding carboxylic acids is 2. The summed E-state index contributed by atoms with van der Waals surface area (Å²) >= 11 is 1.18. The second-order valence-corrected chi connectivity index (χ2v) is 6.16. The number of halogens is 1. The summed E-state index contributed by atoms with van der Waals surface area (Å²) in [6.45, 7) is 0.498. The smallest absolute Gasteiger partial charge is 0.239 e. The molecule has 124 valence electrons. The number of aromatic nitrogens is 3. The minimum Gasteiger partial charge on any atom is -0.282 e. The molecule has 24 heavy (non-hydrogen) atoms. The molecule has 0 bridgehead atoms. The number of rotatable bonds is 5. The number of aromatic amines is 1. The van der Waals surface area contributed by atoms with Gasteiger partial charge in [0.1, 0.15) is 11.6 Å². The Hall–Kier alpha value is -2.48. The lowest BCUT2D eigenvalue weighted by atomic mass is 10.2. The van der Waals surface area contributed by atoms with Gasteiger partial charge in [0.15, 0.2) is 0 Å². The van der Waals surface area contributed by atoms with Crippen molar-refractivity contribution in [2.75, 3.05) is 12.3 Å². The molecule has 2 heterocycles. The van der Waals surface area contributed by atoms with Crippen molar-refractivity contribution in [1.82, 2.24) is 20.1 Å². The summed E-state index contributed by atoms with van der Waals surface area (Å²) in [6.07, 6.45) is 4.67. The van der Waals surface area contributed by atoms with Gasteiger partial charge in [0.25, 0.3) is 0 Å². The highest BCUT2D eigenvalue weighted by Gasteiger charge is 2.26. The molecule has 6 nitrogen and oxygen atoms in total. The number of hydrogen-bond acceptors (Lipinski definition) is 5. The lowest BCUT2D eigenvalue weighted by molar-refractivity contribution is -0.140. The van der Waals surface area contributed by atoms with E-state index in [2.05, 4.69) is 15.2 Å². The van der Waals surface area contributed by atoms with Crippen LogP contribution in [0.15, 0.2) is 29.4 Å². The maximum absolute atomic E-state index is 12.8. The van der Waals surface area contributed by atoms with E-state index in [9.17, 15) is 14.0 Å². The summed E-state index contributed by atoms with van der Waals surface area (Å²) < 4.78 is 12.8. The van der Waals surface area contributed by atoms with E-state index in [1.807, 2.05) is 0 Å². The van der Waals surface area contributed by atoms with Crippen LogP contribution < -0.4 is 0 Å². The first kappa shape index (κ1) is 16.4. The molecule has 3 rings (SSSR count). The third kappa shape index (κ3) is 4.08. The number of likely N-dealkylation sites (tertiary alicyclic amines) is 1. The largest absolute Gasteiger partial charge is 0.282 e. The molecule has 1 fully saturated rings. The zero-order valence-corrected chi connectivity index (χ0v) is 13.6. The molecular weight excluding hydrogens is 331 g/mol. The van der Waals surface area contributed by atoms with Gasteiger partial charge >= 0.3 is 0 Å². The Morgan fingerprint density at radius 1 is 1.33 bits per heavy atom. The molecule has 0 radical (unpaired) electrons. The molecule has 0 aliphatic carbocycles. The quantitative estimate of drug-likeness (QED) is 0.841. The van der Waals surface area contributed by atoms with Gasteiger partial charge in [-0.25, -0.2) is 9.37 Å². The molecule has 1 aliphatic rings. The minimum atomic E-state index is -0.286. The summed E-state index contributed by atoms with van der Waals surface area (Å²) in [5.74, 6) is 0.0532. The predicted molar refractivity (Wildman–Crippen MR) is 88.4 cm³/mol. The van der Waals surface area contributed by atoms with Gasteiger partial charge in [-0.15, -0.1) is 5.10 Å². The standard InChI is InChI=1S/C16H15FN4O2S/c17-12-6-3-11(4-7-12)5-8-13-18-16(20-19-13)24-10-15(23)21-9-1-2-14(21)22/h3-8H,1-2,9-10H2,(H,18,19,20)/b8-5+. The van der Waals surface area contributed by atoms with Gasteiger partial charge in [-0.2, -0.15) is 0 Å². The number of imide groups is 1. The van der Waals surface area contributed by atoms with Crippen LogP contribution in [-0.4, -0.2) is 44.2 Å². The molecule has 0 unspecified atom stereocenters. The zero-order valence-electron chi connectivity index (χ0n) is 12.7. The molecule has 1 aromatic heterocycles. The van der Waals surface area contributed by atoms with E-state index >= 15 is 0 Å². The summed E-state index contributed by atoms with van der Waals surface area (Å²) in [4.78, 5) is 29.0. The third-order valence-electron chi connectivity index (χ3n) is 3.49. The lowest BCUT2D eigenvalue weighted by Gasteiger charge is -2.11. The Balaban J connectivity index is 1.54. The van der Waals surface area contributed by atoms with Crippen molar-refractivity contribution in [3.63, 3.8) is 0 Å². The van der Waals surface area contributed by atoms with Crippen molar-refractivity contribution in [1.29, 1.82) is 0 Å². The van der Waals surface area contributed by atoms with E-state index in [0.717, 1.165) is 12.0 Å². The molecule has 1 aromatic carbocycles. The minimum absolute atomic E-state index is 0.112. The van der Waals surface area contributed by atoms with Crippen LogP contribution in [0.4, 0.5) is 4.39 Å². The zero-order chi connectivity index (χ0) is 16.9. The number of H-pyrrole nitrogens is 1. The summed E-state index contributed by atoms with van der Waals surface area (Å²) in [6, 6.07) is 6.08. The Kier molecular flexibility index (Phi) is 5.05. The van der Waals surface area contributed by atoms with E-state index in [1.54, 1.807) is 24.3 Å². The highest BCUT2D eigenvalue weighted by molar-refractivity contribution is 7.99. The van der Waals surface area contributed by atoms with Crippen LogP contribution in [0.3, 0.4) is 0 Å². The molecular formula is C16H15FN4O2S. The van der Waals surface area contributed by atoms with Gasteiger partial charge in [0.2, 0.25) is 17.0 Å². The second kappa shape index (κ2) is 7.39. The normalized spacial score (nSPS) is 14.7. The van der Waals surface area contributed by atoms with Crippen LogP contribution in [-0.2, 0) is 9.59 Å². The SMILES string of the molecule is O=C1CCCN1C(=O)CSc1n[nH]c(/C=C/c2ccc(F)cc2)n1.